The van der Waals surface area contributed by atoms with Crippen molar-refractivity contribution >= 4 is 5.91 Å². The molecule has 0 aromatic heterocycles. The number of hydrogen-bond acceptors (Lipinski definition) is 3. The summed E-state index contributed by atoms with van der Waals surface area (Å²) in [5.41, 5.74) is 3.10. The van der Waals surface area contributed by atoms with Crippen molar-refractivity contribution in [3.63, 3.8) is 0 Å². The predicted octanol–water partition coefficient (Wildman–Crippen LogP) is 1.30. The van der Waals surface area contributed by atoms with Gasteiger partial charge in [-0.05, 0) is 25.0 Å². The summed E-state index contributed by atoms with van der Waals surface area (Å²) in [6.45, 7) is 5.63. The highest BCUT2D eigenvalue weighted by atomic mass is 16.2. The molecule has 1 N–H and O–H groups in total. The number of nitrogens with zero attached hydrogens (tertiary/aromatic N) is 2. The zero-order valence-corrected chi connectivity index (χ0v) is 10.7. The molecule has 0 bridgehead atoms. The Balaban J connectivity index is 2.36. The van der Waals surface area contributed by atoms with Gasteiger partial charge in [-0.25, -0.2) is 0 Å². The van der Waals surface area contributed by atoms with Gasteiger partial charge >= 0.3 is 0 Å². The Kier molecular flexibility index (Phi) is 3.63. The fourth-order valence-electron chi connectivity index (χ4n) is 2.26. The quantitative estimate of drug-likeness (QED) is 0.851. The number of benzene rings is 1. The summed E-state index contributed by atoms with van der Waals surface area (Å²) >= 11 is 0. The van der Waals surface area contributed by atoms with Crippen molar-refractivity contribution in [2.75, 3.05) is 19.6 Å². The summed E-state index contributed by atoms with van der Waals surface area (Å²) in [5.74, 6) is -0.00583. The predicted molar refractivity (Wildman–Crippen MR) is 68.9 cm³/mol. The topological polar surface area (TPSA) is 56.1 Å². The molecular weight excluding hydrogens is 226 g/mol. The first kappa shape index (κ1) is 12.6. The van der Waals surface area contributed by atoms with Crippen molar-refractivity contribution in [1.29, 1.82) is 5.26 Å². The van der Waals surface area contributed by atoms with Crippen molar-refractivity contribution in [1.82, 2.24) is 10.2 Å². The molecule has 2 rings (SSSR count). The monoisotopic (exact) mass is 243 g/mol. The van der Waals surface area contributed by atoms with Crippen molar-refractivity contribution in [2.45, 2.75) is 19.9 Å². The Hall–Kier alpha value is -1.86. The molecule has 1 heterocycles. The van der Waals surface area contributed by atoms with Crippen molar-refractivity contribution < 1.29 is 4.79 Å². The van der Waals surface area contributed by atoms with Gasteiger partial charge in [0.05, 0.1) is 12.6 Å². The van der Waals surface area contributed by atoms with Gasteiger partial charge in [0.1, 0.15) is 6.04 Å². The van der Waals surface area contributed by atoms with Gasteiger partial charge in [0.25, 0.3) is 0 Å². The van der Waals surface area contributed by atoms with Gasteiger partial charge in [0.2, 0.25) is 5.91 Å². The molecule has 1 saturated heterocycles. The number of nitriles is 1. The van der Waals surface area contributed by atoms with Gasteiger partial charge in [-0.3, -0.25) is 4.79 Å². The average Bonchev–Trinajstić information content (AvgIpc) is 2.36. The maximum atomic E-state index is 11.9. The van der Waals surface area contributed by atoms with E-state index in [9.17, 15) is 10.1 Å². The molecule has 0 aliphatic carbocycles. The number of rotatable bonds is 2. The summed E-state index contributed by atoms with van der Waals surface area (Å²) in [6, 6.07) is 7.81. The highest BCUT2D eigenvalue weighted by Crippen LogP contribution is 2.25. The minimum Gasteiger partial charge on any atom is -0.320 e. The molecule has 18 heavy (non-hydrogen) atoms. The smallest absolute Gasteiger partial charge is 0.237 e. The van der Waals surface area contributed by atoms with Crippen LogP contribution >= 0.6 is 0 Å². The van der Waals surface area contributed by atoms with E-state index in [1.54, 1.807) is 4.90 Å². The van der Waals surface area contributed by atoms with Crippen LogP contribution in [-0.2, 0) is 4.79 Å². The molecule has 1 aliphatic heterocycles. The molecule has 1 aromatic carbocycles. The standard InChI is InChI=1S/C14H17N3O/c1-10-3-4-11(2)12(7-10)13(8-15)17-6-5-16-9-14(17)18/h3-4,7,13,16H,5-6,9H2,1-2H3. The molecule has 0 spiro atoms. The first-order valence-electron chi connectivity index (χ1n) is 6.10. The van der Waals surface area contributed by atoms with E-state index in [2.05, 4.69) is 11.4 Å². The summed E-state index contributed by atoms with van der Waals surface area (Å²) in [6.07, 6.45) is 0. The lowest BCUT2D eigenvalue weighted by Crippen LogP contribution is -2.49. The van der Waals surface area contributed by atoms with Crippen LogP contribution in [0.1, 0.15) is 22.7 Å². The molecule has 1 amide bonds. The Morgan fingerprint density at radius 1 is 1.44 bits per heavy atom. The summed E-state index contributed by atoms with van der Waals surface area (Å²) in [4.78, 5) is 13.5. The molecule has 1 aromatic rings. The van der Waals surface area contributed by atoms with Crippen molar-refractivity contribution in [3.05, 3.63) is 34.9 Å². The van der Waals surface area contributed by atoms with E-state index in [1.807, 2.05) is 32.0 Å². The zero-order chi connectivity index (χ0) is 13.1. The van der Waals surface area contributed by atoms with E-state index < -0.39 is 6.04 Å². The molecule has 0 saturated carbocycles. The van der Waals surface area contributed by atoms with Crippen LogP contribution in [0.3, 0.4) is 0 Å². The van der Waals surface area contributed by atoms with Gasteiger partial charge in [-0.1, -0.05) is 23.8 Å². The van der Waals surface area contributed by atoms with Crippen LogP contribution < -0.4 is 5.32 Å². The molecule has 4 nitrogen and oxygen atoms in total. The van der Waals surface area contributed by atoms with Crippen LogP contribution in [0.5, 0.6) is 0 Å². The van der Waals surface area contributed by atoms with Crippen LogP contribution in [0.2, 0.25) is 0 Å². The summed E-state index contributed by atoms with van der Waals surface area (Å²) in [5, 5.41) is 12.4. The number of nitrogens with one attached hydrogen (secondary N) is 1. The van der Waals surface area contributed by atoms with Crippen molar-refractivity contribution in [2.24, 2.45) is 0 Å². The fraction of sp³-hybridized carbons (Fsp3) is 0.429. The van der Waals surface area contributed by atoms with Crippen LogP contribution in [0.25, 0.3) is 0 Å². The van der Waals surface area contributed by atoms with Gasteiger partial charge in [-0.2, -0.15) is 5.26 Å². The largest absolute Gasteiger partial charge is 0.320 e. The molecule has 1 aliphatic rings. The van der Waals surface area contributed by atoms with Gasteiger partial charge in [-0.15, -0.1) is 0 Å². The van der Waals surface area contributed by atoms with Crippen LogP contribution in [0.4, 0.5) is 0 Å². The lowest BCUT2D eigenvalue weighted by molar-refractivity contribution is -0.133. The van der Waals surface area contributed by atoms with Gasteiger partial charge in [0, 0.05) is 13.1 Å². The molecule has 4 heteroatoms. The molecular formula is C14H17N3O. The highest BCUT2D eigenvalue weighted by Gasteiger charge is 2.27. The number of piperazine rings is 1. The molecule has 1 unspecified atom stereocenters. The SMILES string of the molecule is Cc1ccc(C)c(C(C#N)N2CCNCC2=O)c1. The van der Waals surface area contributed by atoms with Crippen LogP contribution in [0, 0.1) is 25.2 Å². The van der Waals surface area contributed by atoms with Crippen LogP contribution in [0.15, 0.2) is 18.2 Å². The van der Waals surface area contributed by atoms with E-state index in [0.717, 1.165) is 23.2 Å². The lowest BCUT2D eigenvalue weighted by Gasteiger charge is -2.32. The van der Waals surface area contributed by atoms with Crippen LogP contribution in [-0.4, -0.2) is 30.4 Å². The number of amides is 1. The van der Waals surface area contributed by atoms with Gasteiger partial charge in [0.15, 0.2) is 0 Å². The number of hydrogen-bond donors (Lipinski definition) is 1. The highest BCUT2D eigenvalue weighted by molar-refractivity contribution is 5.80. The van der Waals surface area contributed by atoms with Gasteiger partial charge < -0.3 is 10.2 Å². The average molecular weight is 243 g/mol. The first-order valence-corrected chi connectivity index (χ1v) is 6.10. The first-order chi connectivity index (χ1) is 8.63. The molecule has 1 fully saturated rings. The Bertz CT molecular complexity index is 504. The van der Waals surface area contributed by atoms with E-state index >= 15 is 0 Å². The molecule has 0 radical (unpaired) electrons. The Labute approximate surface area is 107 Å². The minimum absolute atomic E-state index is 0.00583. The van der Waals surface area contributed by atoms with Crippen molar-refractivity contribution in [3.8, 4) is 6.07 Å². The minimum atomic E-state index is -0.473. The number of aryl methyl sites for hydroxylation is 2. The van der Waals surface area contributed by atoms with E-state index in [-0.39, 0.29) is 5.91 Å². The van der Waals surface area contributed by atoms with E-state index in [1.165, 1.54) is 0 Å². The summed E-state index contributed by atoms with van der Waals surface area (Å²) in [7, 11) is 0. The van der Waals surface area contributed by atoms with E-state index in [4.69, 9.17) is 0 Å². The Morgan fingerprint density at radius 2 is 2.22 bits per heavy atom. The number of carbonyl (C=O) groups excluding carboxylic acids is 1. The Morgan fingerprint density at radius 3 is 2.89 bits per heavy atom. The zero-order valence-electron chi connectivity index (χ0n) is 10.7. The second kappa shape index (κ2) is 5.19. The normalized spacial score (nSPS) is 17.4. The maximum absolute atomic E-state index is 11.9. The fourth-order valence-corrected chi connectivity index (χ4v) is 2.26. The molecule has 1 atom stereocenters. The third kappa shape index (κ3) is 2.36. The second-order valence-electron chi connectivity index (χ2n) is 4.66. The second-order valence-corrected chi connectivity index (χ2v) is 4.66. The third-order valence-electron chi connectivity index (χ3n) is 3.29. The summed E-state index contributed by atoms with van der Waals surface area (Å²) < 4.78 is 0. The maximum Gasteiger partial charge on any atom is 0.237 e. The number of carbonyl (C=O) groups is 1. The van der Waals surface area contributed by atoms with E-state index in [0.29, 0.717) is 13.1 Å². The third-order valence-corrected chi connectivity index (χ3v) is 3.29. The molecule has 94 valence electrons. The lowest BCUT2D eigenvalue weighted by atomic mass is 9.98.